The topological polar surface area (TPSA) is 24.9 Å². The second-order valence-corrected chi connectivity index (χ2v) is 8.55. The molecule has 3 aromatic rings. The maximum absolute atomic E-state index is 4.66. The van der Waals surface area contributed by atoms with Gasteiger partial charge >= 0.3 is 0 Å². The second kappa shape index (κ2) is 6.46. The molecule has 1 spiro atoms. The number of hydrogen-bond acceptors (Lipinski definition) is 2. The largest absolute Gasteiger partial charge is 0.379 e. The van der Waals surface area contributed by atoms with Crippen molar-refractivity contribution in [3.8, 4) is 0 Å². The van der Waals surface area contributed by atoms with E-state index in [1.54, 1.807) is 5.56 Å². The molecule has 0 saturated heterocycles. The first kappa shape index (κ1) is 17.0. The summed E-state index contributed by atoms with van der Waals surface area (Å²) in [5, 5.41) is 5.09. The highest BCUT2D eigenvalue weighted by Crippen LogP contribution is 2.54. The van der Waals surface area contributed by atoms with Gasteiger partial charge in [0.2, 0.25) is 0 Å². The predicted molar refractivity (Wildman–Crippen MR) is 116 cm³/mol. The third-order valence-electron chi connectivity index (χ3n) is 6.34. The lowest BCUT2D eigenvalue weighted by Crippen LogP contribution is -2.27. The first-order valence-electron chi connectivity index (χ1n) is 9.84. The molecule has 2 aliphatic carbocycles. The molecule has 0 fully saturated rings. The highest BCUT2D eigenvalue weighted by atomic mass is 31.0. The van der Waals surface area contributed by atoms with Crippen molar-refractivity contribution < 1.29 is 0 Å². The molecule has 1 N–H and O–H groups in total. The van der Waals surface area contributed by atoms with Gasteiger partial charge in [-0.3, -0.25) is 4.98 Å². The van der Waals surface area contributed by atoms with E-state index in [9.17, 15) is 0 Å². The molecule has 136 valence electrons. The van der Waals surface area contributed by atoms with Crippen molar-refractivity contribution in [1.29, 1.82) is 0 Å². The molecule has 1 aromatic heterocycles. The zero-order valence-electron chi connectivity index (χ0n) is 15.8. The van der Waals surface area contributed by atoms with Crippen molar-refractivity contribution in [3.63, 3.8) is 0 Å². The zero-order chi connectivity index (χ0) is 18.4. The Morgan fingerprint density at radius 1 is 0.926 bits per heavy atom. The Kier molecular flexibility index (Phi) is 4.06. The molecule has 0 radical (unpaired) electrons. The summed E-state index contributed by atoms with van der Waals surface area (Å²) < 4.78 is 0. The Bertz CT molecular complexity index is 1020. The number of aromatic nitrogens is 1. The van der Waals surface area contributed by atoms with Gasteiger partial charge in [0, 0.05) is 16.8 Å². The van der Waals surface area contributed by atoms with E-state index in [1.165, 1.54) is 53.4 Å². The lowest BCUT2D eigenvalue weighted by atomic mass is 9.76. The molecular weight excluding hydrogens is 347 g/mol. The predicted octanol–water partition coefficient (Wildman–Crippen LogP) is 4.68. The molecule has 2 nitrogen and oxygen atoms in total. The first-order valence-corrected chi connectivity index (χ1v) is 10.4. The molecule has 2 atom stereocenters. The van der Waals surface area contributed by atoms with E-state index < -0.39 is 0 Å². The van der Waals surface area contributed by atoms with Crippen LogP contribution in [0.25, 0.3) is 0 Å². The van der Waals surface area contributed by atoms with Gasteiger partial charge in [-0.1, -0.05) is 36.4 Å². The van der Waals surface area contributed by atoms with Crippen LogP contribution in [0.15, 0.2) is 54.6 Å². The van der Waals surface area contributed by atoms with Crippen molar-refractivity contribution in [2.45, 2.75) is 44.6 Å². The van der Waals surface area contributed by atoms with Gasteiger partial charge < -0.3 is 5.32 Å². The summed E-state index contributed by atoms with van der Waals surface area (Å²) >= 11 is 0. The van der Waals surface area contributed by atoms with Crippen LogP contribution in [0.2, 0.25) is 0 Å². The molecule has 27 heavy (non-hydrogen) atoms. The van der Waals surface area contributed by atoms with E-state index in [1.807, 2.05) is 0 Å². The van der Waals surface area contributed by atoms with Crippen LogP contribution >= 0.6 is 9.24 Å². The van der Waals surface area contributed by atoms with Crippen LogP contribution < -0.4 is 10.6 Å². The maximum Gasteiger partial charge on any atom is 0.0597 e. The number of benzene rings is 2. The Labute approximate surface area is 163 Å². The maximum atomic E-state index is 4.66. The van der Waals surface area contributed by atoms with Crippen molar-refractivity contribution in [2.75, 3.05) is 5.32 Å². The second-order valence-electron chi connectivity index (χ2n) is 7.93. The van der Waals surface area contributed by atoms with E-state index >= 15 is 0 Å². The minimum Gasteiger partial charge on any atom is -0.379 e. The monoisotopic (exact) mass is 372 g/mol. The van der Waals surface area contributed by atoms with Crippen molar-refractivity contribution >= 4 is 20.2 Å². The third-order valence-corrected chi connectivity index (χ3v) is 6.82. The van der Waals surface area contributed by atoms with Gasteiger partial charge in [-0.25, -0.2) is 0 Å². The van der Waals surface area contributed by atoms with E-state index in [4.69, 9.17) is 0 Å². The van der Waals surface area contributed by atoms with Gasteiger partial charge in [0.05, 0.1) is 12.2 Å². The number of nitrogens with one attached hydrogen (secondary N) is 1. The summed E-state index contributed by atoms with van der Waals surface area (Å²) in [7, 11) is 2.99. The van der Waals surface area contributed by atoms with Crippen LogP contribution in [0.3, 0.4) is 0 Å². The normalized spacial score (nSPS) is 19.9. The molecule has 1 unspecified atom stereocenters. The zero-order valence-corrected chi connectivity index (χ0v) is 16.9. The fraction of sp³-hybridized carbons (Fsp3) is 0.292. The number of anilines is 1. The van der Waals surface area contributed by atoms with Gasteiger partial charge in [-0.2, -0.15) is 0 Å². The highest BCUT2D eigenvalue weighted by molar-refractivity contribution is 7.27. The minimum atomic E-state index is 0.173. The van der Waals surface area contributed by atoms with Gasteiger partial charge in [0.1, 0.15) is 0 Å². The SMILES string of the molecule is Cc1cccc(CNc2cccc3c2[C@]2(CCc4cccc(P)c42)CC3)n1. The summed E-state index contributed by atoms with van der Waals surface area (Å²) in [6.07, 6.45) is 4.81. The molecule has 0 amide bonds. The first-order chi connectivity index (χ1) is 13.2. The number of aryl methyl sites for hydroxylation is 3. The number of rotatable bonds is 3. The number of nitrogens with zero attached hydrogens (tertiary/aromatic N) is 1. The summed E-state index contributed by atoms with van der Waals surface area (Å²) in [5.74, 6) is 0. The Balaban J connectivity index is 1.56. The molecule has 2 aliphatic rings. The molecule has 0 saturated carbocycles. The van der Waals surface area contributed by atoms with E-state index in [0.29, 0.717) is 0 Å². The van der Waals surface area contributed by atoms with Gasteiger partial charge in [0.15, 0.2) is 0 Å². The van der Waals surface area contributed by atoms with Gasteiger partial charge in [-0.05, 0) is 78.4 Å². The minimum absolute atomic E-state index is 0.173. The molecule has 0 bridgehead atoms. The quantitative estimate of drug-likeness (QED) is 0.675. The van der Waals surface area contributed by atoms with Crippen LogP contribution in [0.1, 0.15) is 46.5 Å². The molecule has 2 aromatic carbocycles. The van der Waals surface area contributed by atoms with Crippen LogP contribution in [0.4, 0.5) is 5.69 Å². The summed E-state index contributed by atoms with van der Waals surface area (Å²) in [5.41, 5.74) is 9.77. The number of fused-ring (bicyclic) bond motifs is 4. The molecule has 0 aliphatic heterocycles. The van der Waals surface area contributed by atoms with Gasteiger partial charge in [0.25, 0.3) is 0 Å². The van der Waals surface area contributed by atoms with Crippen molar-refractivity contribution in [3.05, 3.63) is 88.2 Å². The Morgan fingerprint density at radius 3 is 2.41 bits per heavy atom. The van der Waals surface area contributed by atoms with Crippen LogP contribution in [-0.2, 0) is 24.8 Å². The number of hydrogen-bond donors (Lipinski definition) is 1. The highest BCUT2D eigenvalue weighted by Gasteiger charge is 2.46. The van der Waals surface area contributed by atoms with Crippen LogP contribution in [0, 0.1) is 6.92 Å². The fourth-order valence-electron chi connectivity index (χ4n) is 5.26. The van der Waals surface area contributed by atoms with E-state index in [-0.39, 0.29) is 5.41 Å². The molecule has 5 rings (SSSR count). The average Bonchev–Trinajstić information content (AvgIpc) is 3.24. The van der Waals surface area contributed by atoms with Crippen molar-refractivity contribution in [1.82, 2.24) is 4.98 Å². The standard InChI is InChI=1S/C24H25N2P/c1-16-5-2-8-19(26-16)15-25-20-9-3-6-17-11-13-24(22(17)20)14-12-18-7-4-10-21(27)23(18)24/h2-10,25H,11-15,27H2,1H3/t24-/m1/s1. The average molecular weight is 372 g/mol. The Hall–Kier alpha value is -2.18. The van der Waals surface area contributed by atoms with Gasteiger partial charge in [-0.15, -0.1) is 9.24 Å². The Morgan fingerprint density at radius 2 is 1.63 bits per heavy atom. The summed E-state index contributed by atoms with van der Waals surface area (Å²) in [6, 6.07) is 19.8. The smallest absolute Gasteiger partial charge is 0.0597 e. The fourth-order valence-corrected chi connectivity index (χ4v) is 5.84. The molecule has 1 heterocycles. The third kappa shape index (κ3) is 2.70. The van der Waals surface area contributed by atoms with Crippen LogP contribution in [0.5, 0.6) is 0 Å². The van der Waals surface area contributed by atoms with Crippen molar-refractivity contribution in [2.24, 2.45) is 0 Å². The van der Waals surface area contributed by atoms with Crippen LogP contribution in [-0.4, -0.2) is 4.98 Å². The van der Waals surface area contributed by atoms with E-state index in [2.05, 4.69) is 81.1 Å². The molecular formula is C24H25N2P. The summed E-state index contributed by atoms with van der Waals surface area (Å²) in [6.45, 7) is 2.82. The number of pyridine rings is 1. The summed E-state index contributed by atoms with van der Waals surface area (Å²) in [4.78, 5) is 4.66. The van der Waals surface area contributed by atoms with E-state index in [0.717, 1.165) is 17.9 Å². The lowest BCUT2D eigenvalue weighted by molar-refractivity contribution is 0.510. The molecule has 3 heteroatoms. The lowest BCUT2D eigenvalue weighted by Gasteiger charge is -2.30.